The summed E-state index contributed by atoms with van der Waals surface area (Å²) in [5, 5.41) is 18.1. The van der Waals surface area contributed by atoms with Crippen molar-refractivity contribution >= 4 is 42.4 Å². The molecule has 13 heteroatoms. The molecule has 0 fully saturated rings. The summed E-state index contributed by atoms with van der Waals surface area (Å²) >= 11 is 0. The van der Waals surface area contributed by atoms with Gasteiger partial charge in [-0.2, -0.15) is 5.11 Å². The number of hydrogen-bond acceptors (Lipinski definition) is 9. The maximum atomic E-state index is 11.7. The van der Waals surface area contributed by atoms with Crippen LogP contribution in [0.1, 0.15) is 11.1 Å². The van der Waals surface area contributed by atoms with Crippen molar-refractivity contribution in [3.05, 3.63) is 53.6 Å². The first-order chi connectivity index (χ1) is 13.4. The molecule has 0 bridgehead atoms. The molecule has 3 aromatic rings. The summed E-state index contributed by atoms with van der Waals surface area (Å²) in [7, 11) is -9.93. The molecule has 0 spiro atoms. The zero-order valence-corrected chi connectivity index (χ0v) is 22.8. The Bertz CT molecular complexity index is 1390. The second-order valence-corrected chi connectivity index (χ2v) is 9.08. The molecule has 3 rings (SSSR count). The van der Waals surface area contributed by atoms with Crippen LogP contribution in [0.5, 0.6) is 5.75 Å². The van der Waals surface area contributed by atoms with Gasteiger partial charge >= 0.3 is 59.1 Å². The number of phenolic OH excluding ortho intramolecular Hbond substituents is 1. The van der Waals surface area contributed by atoms with E-state index >= 15 is 0 Å². The summed E-state index contributed by atoms with van der Waals surface area (Å²) in [6.07, 6.45) is 0. The van der Waals surface area contributed by atoms with Gasteiger partial charge in [-0.1, -0.05) is 17.7 Å². The predicted molar refractivity (Wildman–Crippen MR) is 102 cm³/mol. The van der Waals surface area contributed by atoms with Gasteiger partial charge in [0.2, 0.25) is 0 Å². The van der Waals surface area contributed by atoms with Gasteiger partial charge in [0.25, 0.3) is 0 Å². The molecule has 0 aliphatic heterocycles. The Hall–Kier alpha value is -0.860. The number of aryl methyl sites for hydroxylation is 2. The monoisotopic (exact) mass is 480 g/mol. The molecule has 0 radical (unpaired) electrons. The largest absolute Gasteiger partial charge is 1.00 e. The zero-order chi connectivity index (χ0) is 21.6. The van der Waals surface area contributed by atoms with Crippen LogP contribution in [-0.4, -0.2) is 31.0 Å². The summed E-state index contributed by atoms with van der Waals surface area (Å²) in [5.41, 5.74) is 1.54. The minimum atomic E-state index is -5.11. The molecule has 0 heterocycles. The molecule has 0 aliphatic rings. The number of hydrogen-bond donors (Lipinski definition) is 1. The van der Waals surface area contributed by atoms with Gasteiger partial charge in [-0.3, -0.25) is 0 Å². The smallest absolute Gasteiger partial charge is 0.744 e. The molecule has 3 aromatic carbocycles. The van der Waals surface area contributed by atoms with Crippen LogP contribution in [0.25, 0.3) is 10.8 Å². The van der Waals surface area contributed by atoms with E-state index in [1.165, 1.54) is 0 Å². The second-order valence-electron chi connectivity index (χ2n) is 6.35. The maximum absolute atomic E-state index is 11.7. The van der Waals surface area contributed by atoms with Gasteiger partial charge in [0.1, 0.15) is 25.9 Å². The van der Waals surface area contributed by atoms with Crippen molar-refractivity contribution in [1.82, 2.24) is 0 Å². The van der Waals surface area contributed by atoms with E-state index < -0.39 is 41.5 Å². The van der Waals surface area contributed by atoms with Gasteiger partial charge in [-0.25, -0.2) is 16.8 Å². The first-order valence-electron chi connectivity index (χ1n) is 8.08. The number of benzene rings is 3. The third kappa shape index (κ3) is 6.35. The van der Waals surface area contributed by atoms with Crippen LogP contribution in [0.3, 0.4) is 0 Å². The standard InChI is InChI=1S/C18H16N2O7S2.2Na/c1-10-3-6-15(11(2)7-10)19-20-17-16(29(25,26)27)9-12-8-13(28(22,23)24)4-5-14(12)18(17)21;;/h3-9,21H,1-2H3,(H,22,23,24)(H,25,26,27);;/q;2*+1/p-2. The van der Waals surface area contributed by atoms with E-state index in [1.807, 2.05) is 13.0 Å². The summed E-state index contributed by atoms with van der Waals surface area (Å²) in [5.74, 6) is -0.680. The van der Waals surface area contributed by atoms with E-state index in [-0.39, 0.29) is 69.9 Å². The Kier molecular flexibility index (Phi) is 9.44. The number of rotatable bonds is 4. The Morgan fingerprint density at radius 2 is 1.48 bits per heavy atom. The zero-order valence-electron chi connectivity index (χ0n) is 17.1. The van der Waals surface area contributed by atoms with Crippen LogP contribution in [0, 0.1) is 13.8 Å². The van der Waals surface area contributed by atoms with Crippen molar-refractivity contribution < 1.29 is 90.2 Å². The molecular formula is C18H14N2Na2O7S2. The molecule has 0 aliphatic carbocycles. The number of nitrogens with zero attached hydrogens (tertiary/aromatic N) is 2. The third-order valence-corrected chi connectivity index (χ3v) is 5.87. The summed E-state index contributed by atoms with van der Waals surface area (Å²) in [6, 6.07) is 9.03. The van der Waals surface area contributed by atoms with Crippen molar-refractivity contribution in [1.29, 1.82) is 0 Å². The van der Waals surface area contributed by atoms with E-state index in [0.717, 1.165) is 35.4 Å². The maximum Gasteiger partial charge on any atom is 1.00 e. The minimum Gasteiger partial charge on any atom is -0.744 e. The molecule has 0 amide bonds. The summed E-state index contributed by atoms with van der Waals surface area (Å²) in [6.45, 7) is 3.64. The van der Waals surface area contributed by atoms with Crippen molar-refractivity contribution in [2.75, 3.05) is 0 Å². The van der Waals surface area contributed by atoms with Gasteiger partial charge in [-0.15, -0.1) is 5.11 Å². The molecule has 31 heavy (non-hydrogen) atoms. The first kappa shape index (κ1) is 28.2. The minimum absolute atomic E-state index is 0. The Balaban J connectivity index is 0.00000240. The average molecular weight is 480 g/mol. The topological polar surface area (TPSA) is 159 Å². The fraction of sp³-hybridized carbons (Fsp3) is 0.111. The van der Waals surface area contributed by atoms with Crippen molar-refractivity contribution in [3.63, 3.8) is 0 Å². The van der Waals surface area contributed by atoms with Crippen LogP contribution in [0.4, 0.5) is 11.4 Å². The van der Waals surface area contributed by atoms with Crippen molar-refractivity contribution in [2.45, 2.75) is 23.6 Å². The molecule has 1 N–H and O–H groups in total. The van der Waals surface area contributed by atoms with Crippen LogP contribution in [0.2, 0.25) is 0 Å². The predicted octanol–water partition coefficient (Wildman–Crippen LogP) is -2.61. The van der Waals surface area contributed by atoms with E-state index in [0.29, 0.717) is 5.69 Å². The molecule has 9 nitrogen and oxygen atoms in total. The van der Waals surface area contributed by atoms with Crippen LogP contribution < -0.4 is 59.1 Å². The molecule has 0 saturated heterocycles. The van der Waals surface area contributed by atoms with Crippen LogP contribution in [-0.2, 0) is 20.2 Å². The van der Waals surface area contributed by atoms with Gasteiger partial charge < -0.3 is 14.2 Å². The molecular weight excluding hydrogens is 466 g/mol. The van der Waals surface area contributed by atoms with E-state index in [2.05, 4.69) is 10.2 Å². The Morgan fingerprint density at radius 3 is 2.03 bits per heavy atom. The molecule has 0 atom stereocenters. The molecule has 0 aromatic heterocycles. The fourth-order valence-corrected chi connectivity index (χ4v) is 3.95. The normalized spacial score (nSPS) is 11.9. The van der Waals surface area contributed by atoms with Crippen LogP contribution in [0.15, 0.2) is 62.5 Å². The van der Waals surface area contributed by atoms with Gasteiger partial charge in [0.15, 0.2) is 5.75 Å². The Labute approximate surface area is 223 Å². The third-order valence-electron chi connectivity index (χ3n) is 4.19. The van der Waals surface area contributed by atoms with Crippen LogP contribution >= 0.6 is 0 Å². The molecule has 0 saturated carbocycles. The first-order valence-corrected chi connectivity index (χ1v) is 10.9. The SMILES string of the molecule is Cc1ccc(N=Nc2c(S(=O)(=O)[O-])cc3cc(S(=O)(=O)[O-])ccc3c2O)c(C)c1.[Na+].[Na+]. The number of fused-ring (bicyclic) bond motifs is 1. The van der Waals surface area contributed by atoms with E-state index in [1.54, 1.807) is 19.1 Å². The Morgan fingerprint density at radius 1 is 0.839 bits per heavy atom. The van der Waals surface area contributed by atoms with E-state index in [4.69, 9.17) is 0 Å². The average Bonchev–Trinajstić information content (AvgIpc) is 2.60. The van der Waals surface area contributed by atoms with Crippen molar-refractivity contribution in [3.8, 4) is 5.75 Å². The number of azo groups is 1. The number of aromatic hydroxyl groups is 1. The van der Waals surface area contributed by atoms with Gasteiger partial charge in [0.05, 0.1) is 15.5 Å². The quantitative estimate of drug-likeness (QED) is 0.243. The van der Waals surface area contributed by atoms with Gasteiger partial charge in [0, 0.05) is 5.39 Å². The van der Waals surface area contributed by atoms with Crippen molar-refractivity contribution in [2.24, 2.45) is 10.2 Å². The summed E-state index contributed by atoms with van der Waals surface area (Å²) in [4.78, 5) is -1.53. The molecule has 152 valence electrons. The summed E-state index contributed by atoms with van der Waals surface area (Å²) < 4.78 is 68.7. The van der Waals surface area contributed by atoms with Gasteiger partial charge in [-0.05, 0) is 55.1 Å². The fourth-order valence-electron chi connectivity index (χ4n) is 2.79. The molecule has 0 unspecified atom stereocenters. The van der Waals surface area contributed by atoms with E-state index in [9.17, 15) is 31.0 Å². The second kappa shape index (κ2) is 10.4. The number of phenols is 1.